The van der Waals surface area contributed by atoms with E-state index in [1.807, 2.05) is 30.3 Å². The minimum Gasteiger partial charge on any atom is -0.310 e. The van der Waals surface area contributed by atoms with E-state index in [-0.39, 0.29) is 29.8 Å². The van der Waals surface area contributed by atoms with Crippen LogP contribution in [0.1, 0.15) is 56.3 Å². The van der Waals surface area contributed by atoms with Crippen LogP contribution >= 0.6 is 15.9 Å². The van der Waals surface area contributed by atoms with Crippen molar-refractivity contribution >= 4 is 49.4 Å². The summed E-state index contributed by atoms with van der Waals surface area (Å²) in [6, 6.07) is 16.9. The molecule has 4 aliphatic rings. The zero-order valence-corrected chi connectivity index (χ0v) is 23.9. The predicted molar refractivity (Wildman–Crippen MR) is 152 cm³/mol. The van der Waals surface area contributed by atoms with Gasteiger partial charge in [-0.1, -0.05) is 52.3 Å². The third kappa shape index (κ3) is 3.95. The summed E-state index contributed by atoms with van der Waals surface area (Å²) in [7, 11) is -4.16. The number of nitrogens with zero attached hydrogens (tertiary/aromatic N) is 3. The van der Waals surface area contributed by atoms with Crippen molar-refractivity contribution < 1.29 is 22.8 Å². The SMILES string of the molecule is O=C1c2ccccc2C(=O)N1C[C@@H]1c2ccccc2CCN1S(=O)(=O)c1cc(Br)cc2c1N(C(=O)C1CC1)CC2. The molecule has 10 heteroatoms. The molecule has 0 unspecified atom stereocenters. The molecule has 1 fully saturated rings. The van der Waals surface area contributed by atoms with Crippen molar-refractivity contribution in [3.8, 4) is 0 Å². The highest BCUT2D eigenvalue weighted by Crippen LogP contribution is 2.44. The molecule has 0 N–H and O–H groups in total. The highest BCUT2D eigenvalue weighted by molar-refractivity contribution is 9.10. The van der Waals surface area contributed by atoms with E-state index in [9.17, 15) is 22.8 Å². The lowest BCUT2D eigenvalue weighted by Gasteiger charge is -2.38. The van der Waals surface area contributed by atoms with Crippen LogP contribution in [0.25, 0.3) is 0 Å². The van der Waals surface area contributed by atoms with E-state index >= 15 is 0 Å². The molecule has 1 aliphatic carbocycles. The molecule has 40 heavy (non-hydrogen) atoms. The van der Waals surface area contributed by atoms with Crippen molar-refractivity contribution in [3.63, 3.8) is 0 Å². The largest absolute Gasteiger partial charge is 0.310 e. The van der Waals surface area contributed by atoms with E-state index in [2.05, 4.69) is 15.9 Å². The topological polar surface area (TPSA) is 95.1 Å². The number of halogens is 1. The molecule has 0 aromatic heterocycles. The second kappa shape index (κ2) is 9.36. The van der Waals surface area contributed by atoms with Crippen LogP contribution in [0.4, 0.5) is 5.69 Å². The molecule has 1 atom stereocenters. The minimum absolute atomic E-state index is 0.0240. The Hall–Kier alpha value is -3.34. The smallest absolute Gasteiger partial charge is 0.261 e. The van der Waals surface area contributed by atoms with E-state index in [1.165, 1.54) is 4.31 Å². The molecule has 3 aromatic rings. The van der Waals surface area contributed by atoms with E-state index in [0.29, 0.717) is 40.7 Å². The number of anilines is 1. The van der Waals surface area contributed by atoms with Gasteiger partial charge in [-0.2, -0.15) is 4.31 Å². The summed E-state index contributed by atoms with van der Waals surface area (Å²) in [5, 5.41) is 0. The van der Waals surface area contributed by atoms with Crippen LogP contribution < -0.4 is 4.90 Å². The van der Waals surface area contributed by atoms with Gasteiger partial charge in [0.05, 0.1) is 29.4 Å². The van der Waals surface area contributed by atoms with Crippen LogP contribution in [-0.2, 0) is 27.7 Å². The second-order valence-electron chi connectivity index (χ2n) is 10.8. The van der Waals surface area contributed by atoms with Gasteiger partial charge in [-0.3, -0.25) is 19.3 Å². The summed E-state index contributed by atoms with van der Waals surface area (Å²) >= 11 is 3.49. The third-order valence-electron chi connectivity index (χ3n) is 8.37. The molecule has 7 rings (SSSR count). The molecule has 3 aliphatic heterocycles. The molecule has 3 aromatic carbocycles. The number of imide groups is 1. The molecule has 204 valence electrons. The lowest BCUT2D eigenvalue weighted by molar-refractivity contribution is -0.119. The monoisotopic (exact) mass is 619 g/mol. The number of benzene rings is 3. The first-order chi connectivity index (χ1) is 19.3. The predicted octanol–water partition coefficient (Wildman–Crippen LogP) is 4.33. The number of rotatable bonds is 5. The number of hydrogen-bond acceptors (Lipinski definition) is 5. The lowest BCUT2D eigenvalue weighted by Crippen LogP contribution is -2.46. The average Bonchev–Trinajstić information content (AvgIpc) is 3.68. The number of hydrogen-bond donors (Lipinski definition) is 0. The zero-order valence-electron chi connectivity index (χ0n) is 21.5. The van der Waals surface area contributed by atoms with Gasteiger partial charge in [-0.05, 0) is 66.6 Å². The first-order valence-corrected chi connectivity index (χ1v) is 15.7. The molecular formula is C30H26BrN3O5S. The summed E-state index contributed by atoms with van der Waals surface area (Å²) in [6.07, 6.45) is 2.73. The Morgan fingerprint density at radius 2 is 1.52 bits per heavy atom. The van der Waals surface area contributed by atoms with E-state index < -0.39 is 27.9 Å². The minimum atomic E-state index is -4.16. The van der Waals surface area contributed by atoms with Gasteiger partial charge in [-0.25, -0.2) is 8.42 Å². The Bertz CT molecular complexity index is 1680. The molecule has 0 radical (unpaired) electrons. The van der Waals surface area contributed by atoms with E-state index in [0.717, 1.165) is 34.4 Å². The van der Waals surface area contributed by atoms with Crippen LogP contribution in [0.15, 0.2) is 70.0 Å². The quantitative estimate of drug-likeness (QED) is 0.396. The normalized spacial score (nSPS) is 20.5. The van der Waals surface area contributed by atoms with Gasteiger partial charge >= 0.3 is 0 Å². The van der Waals surface area contributed by atoms with Crippen molar-refractivity contribution in [2.24, 2.45) is 5.92 Å². The van der Waals surface area contributed by atoms with E-state index in [1.54, 1.807) is 35.2 Å². The number of carbonyl (C=O) groups is 3. The Balaban J connectivity index is 1.32. The van der Waals surface area contributed by atoms with Crippen molar-refractivity contribution in [2.75, 3.05) is 24.5 Å². The van der Waals surface area contributed by atoms with E-state index in [4.69, 9.17) is 0 Å². The van der Waals surface area contributed by atoms with Crippen LogP contribution in [0, 0.1) is 5.92 Å². The van der Waals surface area contributed by atoms with Gasteiger partial charge in [0.25, 0.3) is 11.8 Å². The van der Waals surface area contributed by atoms with Gasteiger partial charge < -0.3 is 4.90 Å². The van der Waals surface area contributed by atoms with Crippen LogP contribution in [0.2, 0.25) is 0 Å². The summed E-state index contributed by atoms with van der Waals surface area (Å²) < 4.78 is 31.3. The number of sulfonamides is 1. The fourth-order valence-corrected chi connectivity index (χ4v) is 8.76. The van der Waals surface area contributed by atoms with Gasteiger partial charge in [0.1, 0.15) is 4.90 Å². The standard InChI is InChI=1S/C30H26BrN3O5S/c31-21-15-20-11-13-32(28(35)19-9-10-19)27(20)26(16-21)40(38,39)34-14-12-18-5-1-2-6-22(18)25(34)17-33-29(36)23-7-3-4-8-24(23)30(33)37/h1-8,15-16,19,25H,9-14,17H2/t25-/m1/s1. The first kappa shape index (κ1) is 25.6. The first-order valence-electron chi connectivity index (χ1n) is 13.4. The van der Waals surface area contributed by atoms with Crippen LogP contribution in [-0.4, -0.2) is 55.0 Å². The van der Waals surface area contributed by atoms with Crippen molar-refractivity contribution in [3.05, 3.63) is 93.0 Å². The summed E-state index contributed by atoms with van der Waals surface area (Å²) in [6.45, 7) is 0.527. The molecule has 0 bridgehead atoms. The molecule has 0 saturated heterocycles. The molecule has 3 heterocycles. The van der Waals surface area contributed by atoms with Crippen molar-refractivity contribution in [1.29, 1.82) is 0 Å². The maximum Gasteiger partial charge on any atom is 0.261 e. The van der Waals surface area contributed by atoms with Gasteiger partial charge in [0.2, 0.25) is 15.9 Å². The summed E-state index contributed by atoms with van der Waals surface area (Å²) in [5.41, 5.74) is 3.68. The molecule has 0 spiro atoms. The Kier molecular flexibility index (Phi) is 5.99. The highest BCUT2D eigenvalue weighted by atomic mass is 79.9. The molecule has 1 saturated carbocycles. The molecule has 3 amide bonds. The lowest BCUT2D eigenvalue weighted by atomic mass is 9.94. The Morgan fingerprint density at radius 3 is 2.23 bits per heavy atom. The third-order valence-corrected chi connectivity index (χ3v) is 10.7. The van der Waals surface area contributed by atoms with Crippen LogP contribution in [0.3, 0.4) is 0 Å². The van der Waals surface area contributed by atoms with Gasteiger partial charge in [-0.15, -0.1) is 0 Å². The fraction of sp³-hybridized carbons (Fsp3) is 0.300. The second-order valence-corrected chi connectivity index (χ2v) is 13.5. The average molecular weight is 621 g/mol. The van der Waals surface area contributed by atoms with Crippen LogP contribution in [0.5, 0.6) is 0 Å². The number of amides is 3. The maximum absolute atomic E-state index is 14.6. The number of carbonyl (C=O) groups excluding carboxylic acids is 3. The Labute approximate surface area is 240 Å². The zero-order chi connectivity index (χ0) is 27.8. The summed E-state index contributed by atoms with van der Waals surface area (Å²) in [4.78, 5) is 42.6. The highest BCUT2D eigenvalue weighted by Gasteiger charge is 2.45. The van der Waals surface area contributed by atoms with Gasteiger partial charge in [0, 0.05) is 23.5 Å². The molecule has 8 nitrogen and oxygen atoms in total. The van der Waals surface area contributed by atoms with Crippen molar-refractivity contribution in [1.82, 2.24) is 9.21 Å². The Morgan fingerprint density at radius 1 is 0.875 bits per heavy atom. The summed E-state index contributed by atoms with van der Waals surface area (Å²) in [5.74, 6) is -0.922. The van der Waals surface area contributed by atoms with Crippen molar-refractivity contribution in [2.45, 2.75) is 36.6 Å². The number of fused-ring (bicyclic) bond motifs is 3. The van der Waals surface area contributed by atoms with Gasteiger partial charge in [0.15, 0.2) is 0 Å². The maximum atomic E-state index is 14.6. The fourth-order valence-electron chi connectivity index (χ4n) is 6.25. The molecular weight excluding hydrogens is 594 g/mol.